The van der Waals surface area contributed by atoms with Gasteiger partial charge in [-0.05, 0) is 52.9 Å². The van der Waals surface area contributed by atoms with Gasteiger partial charge >= 0.3 is 0 Å². The van der Waals surface area contributed by atoms with Gasteiger partial charge in [-0.1, -0.05) is 42.5 Å². The van der Waals surface area contributed by atoms with Gasteiger partial charge in [0.05, 0.1) is 26.8 Å². The molecule has 0 bridgehead atoms. The average molecular weight is 435 g/mol. The van der Waals surface area contributed by atoms with Gasteiger partial charge in [0.2, 0.25) is 5.91 Å². The zero-order valence-electron chi connectivity index (χ0n) is 18.3. The van der Waals surface area contributed by atoms with Gasteiger partial charge in [-0.15, -0.1) is 0 Å². The maximum atomic E-state index is 13.1. The van der Waals surface area contributed by atoms with E-state index < -0.39 is 0 Å². The summed E-state index contributed by atoms with van der Waals surface area (Å²) in [5, 5.41) is 2.95. The minimum absolute atomic E-state index is 0.0702. The molecule has 0 spiro atoms. The molecule has 1 amide bonds. The van der Waals surface area contributed by atoms with Crippen molar-refractivity contribution in [3.8, 4) is 11.5 Å². The van der Waals surface area contributed by atoms with Crippen LogP contribution in [0.25, 0.3) is 0 Å². The Bertz CT molecular complexity index is 1070. The number of ether oxygens (including phenoxy) is 2. The molecule has 6 heteroatoms. The van der Waals surface area contributed by atoms with Crippen LogP contribution in [0.1, 0.15) is 28.3 Å². The van der Waals surface area contributed by atoms with Crippen LogP contribution in [-0.4, -0.2) is 38.1 Å². The Morgan fingerprint density at radius 2 is 1.72 bits per heavy atom. The van der Waals surface area contributed by atoms with E-state index in [9.17, 15) is 9.18 Å². The lowest BCUT2D eigenvalue weighted by atomic mass is 9.87. The predicted molar refractivity (Wildman–Crippen MR) is 121 cm³/mol. The summed E-state index contributed by atoms with van der Waals surface area (Å²) in [6, 6.07) is 20.3. The fraction of sp³-hybridized carbons (Fsp3) is 0.269. The average Bonchev–Trinajstić information content (AvgIpc) is 2.83. The number of hydrogen-bond donors (Lipinski definition) is 1. The SMILES string of the molecule is COc1cc2c(cc1OC)C(c1ccccc1)N(CC(=O)NCc1ccc(F)cc1)CC2. The molecule has 1 aliphatic heterocycles. The standard InChI is InChI=1S/C26H27FN2O3/c1-31-23-14-20-12-13-29(17-25(30)28-16-18-8-10-21(27)11-9-18)26(19-6-4-3-5-7-19)22(20)15-24(23)32-2/h3-11,14-15,26H,12-13,16-17H2,1-2H3,(H,28,30). The second-order valence-corrected chi connectivity index (χ2v) is 7.84. The molecule has 0 saturated carbocycles. The topological polar surface area (TPSA) is 50.8 Å². The van der Waals surface area contributed by atoms with E-state index in [-0.39, 0.29) is 24.3 Å². The van der Waals surface area contributed by atoms with Crippen LogP contribution in [0, 0.1) is 5.82 Å². The van der Waals surface area contributed by atoms with Crippen LogP contribution in [0.4, 0.5) is 4.39 Å². The summed E-state index contributed by atoms with van der Waals surface area (Å²) < 4.78 is 24.2. The second-order valence-electron chi connectivity index (χ2n) is 7.84. The Hall–Kier alpha value is -3.38. The zero-order valence-corrected chi connectivity index (χ0v) is 18.3. The van der Waals surface area contributed by atoms with E-state index in [2.05, 4.69) is 22.3 Å². The first-order chi connectivity index (χ1) is 15.6. The normalized spacial score (nSPS) is 15.7. The number of rotatable bonds is 7. The monoisotopic (exact) mass is 434 g/mol. The molecular formula is C26H27FN2O3. The zero-order chi connectivity index (χ0) is 22.5. The first-order valence-electron chi connectivity index (χ1n) is 10.6. The molecule has 0 aromatic heterocycles. The largest absolute Gasteiger partial charge is 0.493 e. The number of carbonyl (C=O) groups is 1. The fourth-order valence-corrected chi connectivity index (χ4v) is 4.24. The van der Waals surface area contributed by atoms with Crippen LogP contribution >= 0.6 is 0 Å². The van der Waals surface area contributed by atoms with Crippen molar-refractivity contribution in [1.82, 2.24) is 10.2 Å². The number of fused-ring (bicyclic) bond motifs is 1. The van der Waals surface area contributed by atoms with Gasteiger partial charge in [-0.3, -0.25) is 9.69 Å². The Labute approximate surface area is 187 Å². The molecule has 32 heavy (non-hydrogen) atoms. The molecule has 4 rings (SSSR count). The second kappa shape index (κ2) is 9.83. The highest BCUT2D eigenvalue weighted by molar-refractivity contribution is 5.78. The van der Waals surface area contributed by atoms with Gasteiger partial charge in [-0.25, -0.2) is 4.39 Å². The van der Waals surface area contributed by atoms with E-state index in [1.165, 1.54) is 17.7 Å². The van der Waals surface area contributed by atoms with Crippen molar-refractivity contribution in [2.45, 2.75) is 19.0 Å². The molecule has 166 valence electrons. The maximum Gasteiger partial charge on any atom is 0.234 e. The third-order valence-electron chi connectivity index (χ3n) is 5.84. The third-order valence-corrected chi connectivity index (χ3v) is 5.84. The molecule has 0 saturated heterocycles. The van der Waals surface area contributed by atoms with Crippen molar-refractivity contribution >= 4 is 5.91 Å². The van der Waals surface area contributed by atoms with E-state index >= 15 is 0 Å². The molecule has 1 aliphatic rings. The minimum atomic E-state index is -0.287. The molecule has 1 atom stereocenters. The van der Waals surface area contributed by atoms with Gasteiger partial charge in [0.1, 0.15) is 5.82 Å². The predicted octanol–water partition coefficient (Wildman–Crippen LogP) is 4.11. The molecule has 1 heterocycles. The highest BCUT2D eigenvalue weighted by Crippen LogP contribution is 2.40. The van der Waals surface area contributed by atoms with Gasteiger partial charge < -0.3 is 14.8 Å². The van der Waals surface area contributed by atoms with Crippen LogP contribution in [0.2, 0.25) is 0 Å². The van der Waals surface area contributed by atoms with Crippen LogP contribution in [0.15, 0.2) is 66.7 Å². The summed E-state index contributed by atoms with van der Waals surface area (Å²) in [7, 11) is 3.27. The summed E-state index contributed by atoms with van der Waals surface area (Å²) >= 11 is 0. The Morgan fingerprint density at radius 3 is 2.41 bits per heavy atom. The molecule has 0 fully saturated rings. The van der Waals surface area contributed by atoms with Crippen LogP contribution in [-0.2, 0) is 17.8 Å². The maximum absolute atomic E-state index is 13.1. The lowest BCUT2D eigenvalue weighted by Crippen LogP contribution is -2.43. The van der Waals surface area contributed by atoms with Gasteiger partial charge in [0.25, 0.3) is 0 Å². The molecule has 5 nitrogen and oxygen atoms in total. The summed E-state index contributed by atoms with van der Waals surface area (Å²) in [5.41, 5.74) is 4.29. The van der Waals surface area contributed by atoms with E-state index in [1.54, 1.807) is 26.4 Å². The van der Waals surface area contributed by atoms with Crippen molar-refractivity contribution in [3.63, 3.8) is 0 Å². The first-order valence-corrected chi connectivity index (χ1v) is 10.6. The van der Waals surface area contributed by atoms with Crippen molar-refractivity contribution in [1.29, 1.82) is 0 Å². The number of halogens is 1. The Morgan fingerprint density at radius 1 is 1.03 bits per heavy atom. The van der Waals surface area contributed by atoms with Crippen LogP contribution < -0.4 is 14.8 Å². The third kappa shape index (κ3) is 4.75. The number of nitrogens with zero attached hydrogens (tertiary/aromatic N) is 1. The highest BCUT2D eigenvalue weighted by atomic mass is 19.1. The van der Waals surface area contributed by atoms with E-state index in [0.717, 1.165) is 29.7 Å². The lowest BCUT2D eigenvalue weighted by molar-refractivity contribution is -0.122. The lowest BCUT2D eigenvalue weighted by Gasteiger charge is -2.37. The van der Waals surface area contributed by atoms with E-state index in [1.807, 2.05) is 30.3 Å². The Kier molecular flexibility index (Phi) is 6.71. The van der Waals surface area contributed by atoms with Gasteiger partial charge in [0.15, 0.2) is 11.5 Å². The van der Waals surface area contributed by atoms with Crippen molar-refractivity contribution in [3.05, 3.63) is 94.8 Å². The number of hydrogen-bond acceptors (Lipinski definition) is 4. The number of amides is 1. The van der Waals surface area contributed by atoms with Crippen LogP contribution in [0.3, 0.4) is 0 Å². The molecule has 3 aromatic rings. The van der Waals surface area contributed by atoms with Gasteiger partial charge in [0, 0.05) is 13.1 Å². The molecule has 0 aliphatic carbocycles. The molecule has 3 aromatic carbocycles. The van der Waals surface area contributed by atoms with E-state index in [0.29, 0.717) is 18.0 Å². The highest BCUT2D eigenvalue weighted by Gasteiger charge is 2.31. The minimum Gasteiger partial charge on any atom is -0.493 e. The smallest absolute Gasteiger partial charge is 0.234 e. The van der Waals surface area contributed by atoms with Crippen LogP contribution in [0.5, 0.6) is 11.5 Å². The number of benzene rings is 3. The summed E-state index contributed by atoms with van der Waals surface area (Å²) in [6.07, 6.45) is 0.810. The molecular weight excluding hydrogens is 407 g/mol. The quantitative estimate of drug-likeness (QED) is 0.608. The van der Waals surface area contributed by atoms with E-state index in [4.69, 9.17) is 9.47 Å². The summed E-state index contributed by atoms with van der Waals surface area (Å²) in [6.45, 7) is 1.37. The number of nitrogens with one attached hydrogen (secondary N) is 1. The van der Waals surface area contributed by atoms with Gasteiger partial charge in [-0.2, -0.15) is 0 Å². The number of methoxy groups -OCH3 is 2. The first kappa shape index (κ1) is 21.8. The van der Waals surface area contributed by atoms with Crippen molar-refractivity contribution < 1.29 is 18.7 Å². The Balaban J connectivity index is 1.57. The molecule has 0 radical (unpaired) electrons. The van der Waals surface area contributed by atoms with Crippen molar-refractivity contribution in [2.75, 3.05) is 27.3 Å². The number of carbonyl (C=O) groups excluding carboxylic acids is 1. The summed E-state index contributed by atoms with van der Waals surface area (Å²) in [5.74, 6) is 1.03. The van der Waals surface area contributed by atoms with Crippen molar-refractivity contribution in [2.24, 2.45) is 0 Å². The summed E-state index contributed by atoms with van der Waals surface area (Å²) in [4.78, 5) is 15.0. The molecule has 1 unspecified atom stereocenters. The molecule has 1 N–H and O–H groups in total. The fourth-order valence-electron chi connectivity index (χ4n) is 4.24.